The van der Waals surface area contributed by atoms with E-state index in [0.717, 1.165) is 16.9 Å². The van der Waals surface area contributed by atoms with Crippen LogP contribution in [0, 0.1) is 12.7 Å². The van der Waals surface area contributed by atoms with Crippen molar-refractivity contribution in [3.8, 4) is 11.6 Å². The zero-order valence-corrected chi connectivity index (χ0v) is 14.6. The monoisotopic (exact) mass is 364 g/mol. The smallest absolute Gasteiger partial charge is 0.224 e. The summed E-state index contributed by atoms with van der Waals surface area (Å²) in [7, 11) is 0. The first-order chi connectivity index (χ1) is 13.2. The van der Waals surface area contributed by atoms with Crippen molar-refractivity contribution in [2.24, 2.45) is 0 Å². The standard InChI is InChI=1S/C19H17FN6O/c1-10-6-12-13(23-10)4-5-15(19(12)20)27-18-8-16(21-9-22-18)24-17-7-14(25-26-17)11-2-3-11/h4-9,11,23H,2-3H2,1H3,(H2,21,22,24,25,26). The second-order valence-electron chi connectivity index (χ2n) is 6.74. The summed E-state index contributed by atoms with van der Waals surface area (Å²) in [6.45, 7) is 1.88. The van der Waals surface area contributed by atoms with Crippen LogP contribution in [-0.4, -0.2) is 25.1 Å². The zero-order valence-electron chi connectivity index (χ0n) is 14.6. The van der Waals surface area contributed by atoms with Crippen LogP contribution in [0.5, 0.6) is 11.6 Å². The molecular formula is C19H17FN6O. The van der Waals surface area contributed by atoms with E-state index in [0.29, 0.717) is 22.9 Å². The first-order valence-electron chi connectivity index (χ1n) is 8.76. The minimum Gasteiger partial charge on any atom is -0.436 e. The summed E-state index contributed by atoms with van der Waals surface area (Å²) < 4.78 is 20.3. The maximum atomic E-state index is 14.7. The Balaban J connectivity index is 1.37. The molecule has 0 radical (unpaired) electrons. The number of benzene rings is 1. The van der Waals surface area contributed by atoms with Crippen molar-refractivity contribution >= 4 is 22.5 Å². The minimum atomic E-state index is -0.425. The fourth-order valence-corrected chi connectivity index (χ4v) is 3.08. The Morgan fingerprint density at radius 1 is 1.15 bits per heavy atom. The Bertz CT molecular complexity index is 1130. The van der Waals surface area contributed by atoms with E-state index in [-0.39, 0.29) is 11.6 Å². The highest BCUT2D eigenvalue weighted by atomic mass is 19.1. The van der Waals surface area contributed by atoms with Gasteiger partial charge in [0.1, 0.15) is 12.1 Å². The molecule has 7 nitrogen and oxygen atoms in total. The molecule has 5 rings (SSSR count). The van der Waals surface area contributed by atoms with Crippen LogP contribution in [0.4, 0.5) is 16.0 Å². The van der Waals surface area contributed by atoms with Gasteiger partial charge in [-0.15, -0.1) is 0 Å². The van der Waals surface area contributed by atoms with E-state index < -0.39 is 5.82 Å². The molecule has 0 unspecified atom stereocenters. The molecule has 27 heavy (non-hydrogen) atoms. The zero-order chi connectivity index (χ0) is 18.4. The molecule has 0 saturated heterocycles. The molecule has 1 aromatic carbocycles. The maximum absolute atomic E-state index is 14.7. The molecule has 1 fully saturated rings. The molecule has 1 aliphatic rings. The summed E-state index contributed by atoms with van der Waals surface area (Å²) in [5, 5.41) is 10.9. The van der Waals surface area contributed by atoms with Crippen LogP contribution in [0.1, 0.15) is 30.1 Å². The maximum Gasteiger partial charge on any atom is 0.224 e. The minimum absolute atomic E-state index is 0.113. The molecule has 0 amide bonds. The fraction of sp³-hybridized carbons (Fsp3) is 0.211. The predicted octanol–water partition coefficient (Wildman–Crippen LogP) is 4.54. The first kappa shape index (κ1) is 15.8. The van der Waals surface area contributed by atoms with E-state index in [1.54, 1.807) is 24.3 Å². The molecular weight excluding hydrogens is 347 g/mol. The van der Waals surface area contributed by atoms with Gasteiger partial charge in [0.05, 0.1) is 0 Å². The molecule has 4 aromatic rings. The van der Waals surface area contributed by atoms with Crippen LogP contribution in [0.25, 0.3) is 10.9 Å². The number of aromatic nitrogens is 5. The molecule has 3 N–H and O–H groups in total. The molecule has 0 spiro atoms. The fourth-order valence-electron chi connectivity index (χ4n) is 3.08. The lowest BCUT2D eigenvalue weighted by Gasteiger charge is -2.08. The number of rotatable bonds is 5. The van der Waals surface area contributed by atoms with Crippen molar-refractivity contribution in [3.63, 3.8) is 0 Å². The lowest BCUT2D eigenvalue weighted by molar-refractivity contribution is 0.430. The highest BCUT2D eigenvalue weighted by Gasteiger charge is 2.25. The Morgan fingerprint density at radius 3 is 2.89 bits per heavy atom. The molecule has 0 bridgehead atoms. The molecule has 1 aliphatic carbocycles. The summed E-state index contributed by atoms with van der Waals surface area (Å²) in [4.78, 5) is 11.3. The van der Waals surface area contributed by atoms with Gasteiger partial charge in [-0.2, -0.15) is 5.10 Å². The van der Waals surface area contributed by atoms with Gasteiger partial charge in [0, 0.05) is 40.3 Å². The molecule has 0 aliphatic heterocycles. The van der Waals surface area contributed by atoms with Gasteiger partial charge in [0.25, 0.3) is 0 Å². The highest BCUT2D eigenvalue weighted by molar-refractivity contribution is 5.82. The van der Waals surface area contributed by atoms with Gasteiger partial charge in [-0.05, 0) is 38.0 Å². The largest absolute Gasteiger partial charge is 0.436 e. The van der Waals surface area contributed by atoms with Crippen molar-refractivity contribution in [2.75, 3.05) is 5.32 Å². The number of halogens is 1. The second-order valence-corrected chi connectivity index (χ2v) is 6.74. The van der Waals surface area contributed by atoms with Crippen LogP contribution in [0.3, 0.4) is 0 Å². The number of aryl methyl sites for hydroxylation is 1. The summed E-state index contributed by atoms with van der Waals surface area (Å²) >= 11 is 0. The van der Waals surface area contributed by atoms with E-state index in [1.807, 2.05) is 13.0 Å². The third-order valence-corrected chi connectivity index (χ3v) is 4.56. The normalized spacial score (nSPS) is 13.9. The van der Waals surface area contributed by atoms with Gasteiger partial charge < -0.3 is 15.0 Å². The first-order valence-corrected chi connectivity index (χ1v) is 8.76. The number of ether oxygens (including phenoxy) is 1. The molecule has 3 heterocycles. The van der Waals surface area contributed by atoms with Crippen LogP contribution < -0.4 is 10.1 Å². The topological polar surface area (TPSA) is 91.5 Å². The summed E-state index contributed by atoms with van der Waals surface area (Å²) in [6.07, 6.45) is 3.76. The Hall–Kier alpha value is -3.42. The average Bonchev–Trinajstić information content (AvgIpc) is 3.28. The number of anilines is 2. The summed E-state index contributed by atoms with van der Waals surface area (Å²) in [5.41, 5.74) is 2.74. The van der Waals surface area contributed by atoms with E-state index >= 15 is 0 Å². The Labute approximate surface area is 154 Å². The highest BCUT2D eigenvalue weighted by Crippen LogP contribution is 2.39. The van der Waals surface area contributed by atoms with Gasteiger partial charge in [-0.3, -0.25) is 5.10 Å². The molecule has 1 saturated carbocycles. The third kappa shape index (κ3) is 3.10. The van der Waals surface area contributed by atoms with Gasteiger partial charge in [-0.25, -0.2) is 14.4 Å². The lowest BCUT2D eigenvalue weighted by Crippen LogP contribution is -1.97. The number of hydrogen-bond acceptors (Lipinski definition) is 5. The molecule has 3 aromatic heterocycles. The van der Waals surface area contributed by atoms with Crippen molar-refractivity contribution < 1.29 is 9.13 Å². The van der Waals surface area contributed by atoms with Gasteiger partial charge in [-0.1, -0.05) is 0 Å². The average molecular weight is 364 g/mol. The van der Waals surface area contributed by atoms with Gasteiger partial charge >= 0.3 is 0 Å². The molecule has 8 heteroatoms. The third-order valence-electron chi connectivity index (χ3n) is 4.56. The van der Waals surface area contributed by atoms with E-state index in [2.05, 4.69) is 30.5 Å². The van der Waals surface area contributed by atoms with Gasteiger partial charge in [0.15, 0.2) is 17.4 Å². The van der Waals surface area contributed by atoms with E-state index in [4.69, 9.17) is 4.74 Å². The Kier molecular flexibility index (Phi) is 3.56. The van der Waals surface area contributed by atoms with Crippen LogP contribution in [-0.2, 0) is 0 Å². The molecule has 0 atom stereocenters. The summed E-state index contributed by atoms with van der Waals surface area (Å²) in [6, 6.07) is 8.70. The van der Waals surface area contributed by atoms with Crippen molar-refractivity contribution in [2.45, 2.75) is 25.7 Å². The summed E-state index contributed by atoms with van der Waals surface area (Å²) in [5.74, 6) is 1.72. The van der Waals surface area contributed by atoms with E-state index in [1.165, 1.54) is 19.2 Å². The second kappa shape index (κ2) is 6.08. The van der Waals surface area contributed by atoms with E-state index in [9.17, 15) is 4.39 Å². The SMILES string of the molecule is Cc1cc2c(F)c(Oc3cc(Nc4cc(C5CC5)[nH]n4)ncn3)ccc2[nH]1. The van der Waals surface area contributed by atoms with Crippen LogP contribution in [0.2, 0.25) is 0 Å². The van der Waals surface area contributed by atoms with Crippen molar-refractivity contribution in [1.82, 2.24) is 25.1 Å². The van der Waals surface area contributed by atoms with Crippen molar-refractivity contribution in [1.29, 1.82) is 0 Å². The van der Waals surface area contributed by atoms with Crippen LogP contribution in [0.15, 0.2) is 36.7 Å². The number of nitrogens with one attached hydrogen (secondary N) is 3. The quantitative estimate of drug-likeness (QED) is 0.483. The van der Waals surface area contributed by atoms with Crippen LogP contribution >= 0.6 is 0 Å². The number of nitrogens with zero attached hydrogens (tertiary/aromatic N) is 3. The Morgan fingerprint density at radius 2 is 2.04 bits per heavy atom. The number of hydrogen-bond donors (Lipinski definition) is 3. The number of aromatic amines is 2. The number of H-pyrrole nitrogens is 2. The predicted molar refractivity (Wildman–Crippen MR) is 98.9 cm³/mol. The van der Waals surface area contributed by atoms with Gasteiger partial charge in [0.2, 0.25) is 5.88 Å². The van der Waals surface area contributed by atoms with Crippen molar-refractivity contribution in [3.05, 3.63) is 53.9 Å². The number of fused-ring (bicyclic) bond motifs is 1. The molecule has 136 valence electrons. The lowest BCUT2D eigenvalue weighted by atomic mass is 10.2.